The van der Waals surface area contributed by atoms with Crippen LogP contribution in [0.1, 0.15) is 133 Å². The molecule has 3 heteroatoms. The van der Waals surface area contributed by atoms with Crippen molar-refractivity contribution in [2.45, 2.75) is 128 Å². The fourth-order valence-electron chi connectivity index (χ4n) is 5.58. The predicted molar refractivity (Wildman–Crippen MR) is 184 cm³/mol. The highest BCUT2D eigenvalue weighted by Gasteiger charge is 2.46. The second kappa shape index (κ2) is 19.3. The smallest absolute Gasteiger partial charge is 0.162 e. The Bertz CT molecular complexity index is 1090. The zero-order chi connectivity index (χ0) is 32.5. The zero-order valence-electron chi connectivity index (χ0n) is 29.2. The Labute approximate surface area is 259 Å². The van der Waals surface area contributed by atoms with Gasteiger partial charge in [0.25, 0.3) is 0 Å². The molecular weight excluding hydrogens is 514 g/mol. The summed E-state index contributed by atoms with van der Waals surface area (Å²) in [5, 5.41) is 3.55. The summed E-state index contributed by atoms with van der Waals surface area (Å²) in [6.07, 6.45) is 3.92. The van der Waals surface area contributed by atoms with Gasteiger partial charge in [-0.25, -0.2) is 0 Å². The quantitative estimate of drug-likeness (QED) is 0.387. The van der Waals surface area contributed by atoms with Gasteiger partial charge >= 0.3 is 0 Å². The first-order valence-electron chi connectivity index (χ1n) is 16.5. The number of ketones is 2. The molecule has 234 valence electrons. The van der Waals surface area contributed by atoms with E-state index in [1.807, 2.05) is 91.8 Å². The van der Waals surface area contributed by atoms with E-state index in [4.69, 9.17) is 0 Å². The van der Waals surface area contributed by atoms with Crippen LogP contribution in [0.2, 0.25) is 0 Å². The van der Waals surface area contributed by atoms with Gasteiger partial charge in [0, 0.05) is 41.3 Å². The molecule has 0 amide bonds. The van der Waals surface area contributed by atoms with Gasteiger partial charge in [0.1, 0.15) is 0 Å². The average molecular weight is 576 g/mol. The minimum atomic E-state index is -0.213. The lowest BCUT2D eigenvalue weighted by molar-refractivity contribution is -0.119. The molecule has 3 nitrogen and oxygen atoms in total. The molecule has 1 heterocycles. The number of hydrogen-bond acceptors (Lipinski definition) is 3. The molecule has 0 saturated heterocycles. The van der Waals surface area contributed by atoms with Crippen LogP contribution in [0.4, 0.5) is 0 Å². The molecule has 0 atom stereocenters. The van der Waals surface area contributed by atoms with Crippen LogP contribution in [-0.2, 0) is 16.0 Å². The van der Waals surface area contributed by atoms with E-state index in [-0.39, 0.29) is 28.3 Å². The van der Waals surface area contributed by atoms with Gasteiger partial charge in [-0.1, -0.05) is 151 Å². The van der Waals surface area contributed by atoms with Crippen molar-refractivity contribution < 1.29 is 9.59 Å². The summed E-state index contributed by atoms with van der Waals surface area (Å²) in [6, 6.07) is 20.5. The Kier molecular flexibility index (Phi) is 17.9. The Hall–Kier alpha value is -2.94. The molecule has 2 aromatic carbocycles. The van der Waals surface area contributed by atoms with Crippen LogP contribution in [0.25, 0.3) is 0 Å². The summed E-state index contributed by atoms with van der Waals surface area (Å²) in [6.45, 7) is 26.7. The third-order valence-corrected chi connectivity index (χ3v) is 7.10. The molecule has 0 saturated carbocycles. The number of hydrogen-bond donors (Lipinski definition) is 1. The third-order valence-electron chi connectivity index (χ3n) is 7.10. The van der Waals surface area contributed by atoms with Gasteiger partial charge in [-0.15, -0.1) is 0 Å². The van der Waals surface area contributed by atoms with Crippen molar-refractivity contribution in [1.82, 2.24) is 5.32 Å². The summed E-state index contributed by atoms with van der Waals surface area (Å²) in [5.74, 6) is 0.151. The van der Waals surface area contributed by atoms with Crippen LogP contribution in [0.15, 0.2) is 83.2 Å². The first kappa shape index (κ1) is 39.1. The molecule has 2 aliphatic carbocycles. The molecule has 0 fully saturated rings. The van der Waals surface area contributed by atoms with E-state index < -0.39 is 0 Å². The van der Waals surface area contributed by atoms with Gasteiger partial charge in [0.2, 0.25) is 0 Å². The Morgan fingerprint density at radius 2 is 0.952 bits per heavy atom. The number of rotatable bonds is 2. The van der Waals surface area contributed by atoms with Gasteiger partial charge < -0.3 is 5.32 Å². The number of carbonyl (C=O) groups excluding carboxylic acids is 2. The molecular formula is C39H61NO2. The van der Waals surface area contributed by atoms with Crippen LogP contribution in [0.3, 0.4) is 0 Å². The van der Waals surface area contributed by atoms with E-state index in [0.717, 1.165) is 47.4 Å². The molecule has 5 rings (SSSR count). The van der Waals surface area contributed by atoms with Crippen LogP contribution < -0.4 is 5.32 Å². The lowest BCUT2D eigenvalue weighted by atomic mass is 9.64. The number of dihydropyridines is 1. The standard InChI is InChI=1S/C23H27NO2.C8H10.4C2H6/c1-22(2)10-15-20(17(25)12-22)19(14-8-6-5-7-9-14)21-16(24-15)11-23(3,4)13-18(21)26;1-2-8-6-4-3-5-7-8;4*1-2/h5-9,19,24H,10-13H2,1-4H3;3-7H,2H2,1H3;4*1-2H3. The minimum Gasteiger partial charge on any atom is -0.362 e. The fourth-order valence-corrected chi connectivity index (χ4v) is 5.58. The van der Waals surface area contributed by atoms with E-state index >= 15 is 0 Å². The maximum atomic E-state index is 13.1. The first-order chi connectivity index (χ1) is 20.1. The van der Waals surface area contributed by atoms with Gasteiger partial charge in [0.05, 0.1) is 0 Å². The van der Waals surface area contributed by atoms with E-state index in [0.29, 0.717) is 12.8 Å². The minimum absolute atomic E-state index is 0.0452. The number of benzene rings is 2. The maximum absolute atomic E-state index is 13.1. The normalized spacial score (nSPS) is 17.7. The van der Waals surface area contributed by atoms with Gasteiger partial charge in [-0.3, -0.25) is 9.59 Å². The summed E-state index contributed by atoms with van der Waals surface area (Å²) >= 11 is 0. The SMILES string of the molecule is CC.CC.CC.CC.CC1(C)CC(=O)C2=C(C1)NC1=C(C(=O)CC(C)(C)C1)C2c1ccccc1.CCc1ccccc1. The predicted octanol–water partition coefficient (Wildman–Crippen LogP) is 11.0. The first-order valence-corrected chi connectivity index (χ1v) is 16.5. The highest BCUT2D eigenvalue weighted by Crippen LogP contribution is 2.50. The Morgan fingerprint density at radius 3 is 1.29 bits per heavy atom. The monoisotopic (exact) mass is 575 g/mol. The molecule has 2 aromatic rings. The summed E-state index contributed by atoms with van der Waals surface area (Å²) < 4.78 is 0. The van der Waals surface area contributed by atoms with Crippen molar-refractivity contribution in [3.8, 4) is 0 Å². The van der Waals surface area contributed by atoms with Crippen LogP contribution in [0.5, 0.6) is 0 Å². The number of carbonyl (C=O) groups is 2. The molecule has 0 unspecified atom stereocenters. The highest BCUT2D eigenvalue weighted by molar-refractivity contribution is 6.06. The van der Waals surface area contributed by atoms with Gasteiger partial charge in [0.15, 0.2) is 11.6 Å². The molecule has 0 bridgehead atoms. The lowest BCUT2D eigenvalue weighted by Gasteiger charge is -2.44. The van der Waals surface area contributed by atoms with E-state index in [1.165, 1.54) is 5.56 Å². The van der Waals surface area contributed by atoms with Crippen LogP contribution in [0, 0.1) is 10.8 Å². The van der Waals surface area contributed by atoms with Crippen molar-refractivity contribution in [2.24, 2.45) is 10.8 Å². The van der Waals surface area contributed by atoms with E-state index in [9.17, 15) is 9.59 Å². The lowest BCUT2D eigenvalue weighted by Crippen LogP contribution is -2.42. The van der Waals surface area contributed by atoms with Crippen LogP contribution >= 0.6 is 0 Å². The molecule has 1 N–H and O–H groups in total. The molecule has 0 radical (unpaired) electrons. The fraction of sp³-hybridized carbons (Fsp3) is 0.538. The number of Topliss-reactive ketones (excluding diaryl/α,β-unsaturated/α-hetero) is 2. The molecule has 3 aliphatic rings. The third kappa shape index (κ3) is 10.7. The topological polar surface area (TPSA) is 46.2 Å². The summed E-state index contributed by atoms with van der Waals surface area (Å²) in [7, 11) is 0. The molecule has 0 spiro atoms. The Balaban J connectivity index is 0.000000881. The zero-order valence-corrected chi connectivity index (χ0v) is 29.2. The van der Waals surface area contributed by atoms with Crippen molar-refractivity contribution in [1.29, 1.82) is 0 Å². The van der Waals surface area contributed by atoms with Crippen molar-refractivity contribution >= 4 is 11.6 Å². The molecule has 0 aromatic heterocycles. The number of allylic oxidation sites excluding steroid dienone is 4. The second-order valence-electron chi connectivity index (χ2n) is 11.5. The second-order valence-corrected chi connectivity index (χ2v) is 11.5. The van der Waals surface area contributed by atoms with Gasteiger partial charge in [-0.2, -0.15) is 0 Å². The molecule has 42 heavy (non-hydrogen) atoms. The Morgan fingerprint density at radius 1 is 0.595 bits per heavy atom. The van der Waals surface area contributed by atoms with E-state index in [2.05, 4.69) is 64.2 Å². The van der Waals surface area contributed by atoms with Crippen molar-refractivity contribution in [3.05, 3.63) is 94.3 Å². The largest absolute Gasteiger partial charge is 0.362 e. The van der Waals surface area contributed by atoms with Crippen molar-refractivity contribution in [3.63, 3.8) is 0 Å². The van der Waals surface area contributed by atoms with E-state index in [1.54, 1.807) is 0 Å². The highest BCUT2D eigenvalue weighted by atomic mass is 16.1. The van der Waals surface area contributed by atoms with Gasteiger partial charge in [-0.05, 0) is 41.2 Å². The summed E-state index contributed by atoms with van der Waals surface area (Å²) in [5.41, 5.74) is 6.08. The maximum Gasteiger partial charge on any atom is 0.162 e. The van der Waals surface area contributed by atoms with Crippen LogP contribution in [-0.4, -0.2) is 11.6 Å². The number of nitrogens with one attached hydrogen (secondary N) is 1. The molecule has 1 aliphatic heterocycles. The van der Waals surface area contributed by atoms with Crippen molar-refractivity contribution in [2.75, 3.05) is 0 Å². The average Bonchev–Trinajstić information content (AvgIpc) is 3.00. The summed E-state index contributed by atoms with van der Waals surface area (Å²) in [4.78, 5) is 26.2. The number of aryl methyl sites for hydroxylation is 1.